The average molecular weight is 408 g/mol. The molecule has 0 radical (unpaired) electrons. The molecule has 0 aliphatic carbocycles. The van der Waals surface area contributed by atoms with Crippen LogP contribution >= 0.6 is 11.6 Å². The Balaban J connectivity index is 1.61. The summed E-state index contributed by atoms with van der Waals surface area (Å²) >= 11 is 6.07. The van der Waals surface area contributed by atoms with E-state index in [-0.39, 0.29) is 5.91 Å². The van der Waals surface area contributed by atoms with Gasteiger partial charge in [0.1, 0.15) is 0 Å². The normalized spacial score (nSPS) is 16.2. The van der Waals surface area contributed by atoms with Gasteiger partial charge in [-0.15, -0.1) is 0 Å². The molecule has 144 valence electrons. The van der Waals surface area contributed by atoms with Crippen molar-refractivity contribution in [3.8, 4) is 0 Å². The lowest BCUT2D eigenvalue weighted by Crippen LogP contribution is -2.47. The number of hydrogen-bond donors (Lipinski definition) is 1. The van der Waals surface area contributed by atoms with Crippen molar-refractivity contribution in [3.05, 3.63) is 64.7 Å². The van der Waals surface area contributed by atoms with Crippen LogP contribution in [-0.4, -0.2) is 56.0 Å². The monoisotopic (exact) mass is 407 g/mol. The number of carbonyl (C=O) groups is 1. The van der Waals surface area contributed by atoms with Gasteiger partial charge in [0.15, 0.2) is 0 Å². The molecule has 6 nitrogen and oxygen atoms in total. The molecular weight excluding hydrogens is 386 g/mol. The van der Waals surface area contributed by atoms with Crippen LogP contribution in [0.1, 0.15) is 15.9 Å². The van der Waals surface area contributed by atoms with Gasteiger partial charge in [-0.25, -0.2) is 8.42 Å². The molecule has 0 saturated carbocycles. The SMILES string of the molecule is CS(=O)(=O)N1CCN(Cc2cccc(NC(=O)c3ccccc3Cl)c2)CC1. The first-order valence-corrected chi connectivity index (χ1v) is 10.9. The number of nitrogens with zero attached hydrogens (tertiary/aromatic N) is 2. The molecule has 0 bridgehead atoms. The molecule has 0 unspecified atom stereocenters. The Hall–Kier alpha value is -1.93. The fourth-order valence-electron chi connectivity index (χ4n) is 3.07. The minimum absolute atomic E-state index is 0.250. The second-order valence-electron chi connectivity index (χ2n) is 6.57. The third kappa shape index (κ3) is 5.29. The van der Waals surface area contributed by atoms with Crippen molar-refractivity contribution in [2.45, 2.75) is 6.54 Å². The van der Waals surface area contributed by atoms with Crippen molar-refractivity contribution in [1.29, 1.82) is 0 Å². The largest absolute Gasteiger partial charge is 0.322 e. The van der Waals surface area contributed by atoms with Crippen LogP contribution in [0.2, 0.25) is 5.02 Å². The molecule has 2 aromatic carbocycles. The lowest BCUT2D eigenvalue weighted by atomic mass is 10.1. The van der Waals surface area contributed by atoms with E-state index in [0.717, 1.165) is 5.56 Å². The van der Waals surface area contributed by atoms with Crippen LogP contribution in [0.3, 0.4) is 0 Å². The zero-order valence-electron chi connectivity index (χ0n) is 15.1. The Morgan fingerprint density at radius 2 is 1.78 bits per heavy atom. The summed E-state index contributed by atoms with van der Waals surface area (Å²) in [6.45, 7) is 3.07. The number of carbonyl (C=O) groups excluding carboxylic acids is 1. The van der Waals surface area contributed by atoms with Gasteiger partial charge in [0, 0.05) is 38.4 Å². The minimum Gasteiger partial charge on any atom is -0.322 e. The summed E-state index contributed by atoms with van der Waals surface area (Å²) in [5.74, 6) is -0.250. The highest BCUT2D eigenvalue weighted by Crippen LogP contribution is 2.19. The molecule has 8 heteroatoms. The van der Waals surface area contributed by atoms with E-state index >= 15 is 0 Å². The van der Waals surface area contributed by atoms with Gasteiger partial charge in [-0.3, -0.25) is 9.69 Å². The number of hydrogen-bond acceptors (Lipinski definition) is 4. The van der Waals surface area contributed by atoms with Gasteiger partial charge in [-0.05, 0) is 29.8 Å². The van der Waals surface area contributed by atoms with E-state index in [1.54, 1.807) is 24.3 Å². The highest BCUT2D eigenvalue weighted by Gasteiger charge is 2.23. The number of anilines is 1. The smallest absolute Gasteiger partial charge is 0.257 e. The minimum atomic E-state index is -3.12. The molecule has 2 aromatic rings. The molecule has 0 aromatic heterocycles. The van der Waals surface area contributed by atoms with Crippen LogP contribution in [-0.2, 0) is 16.6 Å². The first-order valence-electron chi connectivity index (χ1n) is 8.65. The van der Waals surface area contributed by atoms with Crippen molar-refractivity contribution in [2.75, 3.05) is 37.8 Å². The molecular formula is C19H22ClN3O3S. The number of piperazine rings is 1. The maximum absolute atomic E-state index is 12.4. The van der Waals surface area contributed by atoms with Gasteiger partial charge < -0.3 is 5.32 Å². The van der Waals surface area contributed by atoms with E-state index in [9.17, 15) is 13.2 Å². The Morgan fingerprint density at radius 3 is 2.44 bits per heavy atom. The topological polar surface area (TPSA) is 69.7 Å². The molecule has 1 heterocycles. The summed E-state index contributed by atoms with van der Waals surface area (Å²) in [4.78, 5) is 14.6. The molecule has 27 heavy (non-hydrogen) atoms. The summed E-state index contributed by atoms with van der Waals surface area (Å²) in [6.07, 6.45) is 1.24. The van der Waals surface area contributed by atoms with Crippen molar-refractivity contribution >= 4 is 33.2 Å². The van der Waals surface area contributed by atoms with Crippen LogP contribution in [0, 0.1) is 0 Å². The number of benzene rings is 2. The Bertz CT molecular complexity index is 925. The van der Waals surface area contributed by atoms with E-state index in [2.05, 4.69) is 10.2 Å². The molecule has 1 aliphatic heterocycles. The van der Waals surface area contributed by atoms with E-state index in [1.165, 1.54) is 10.6 Å². The van der Waals surface area contributed by atoms with Gasteiger partial charge in [-0.2, -0.15) is 4.31 Å². The fourth-order valence-corrected chi connectivity index (χ4v) is 4.12. The quantitative estimate of drug-likeness (QED) is 0.827. The van der Waals surface area contributed by atoms with Crippen LogP contribution in [0.5, 0.6) is 0 Å². The highest BCUT2D eigenvalue weighted by atomic mass is 35.5. The fraction of sp³-hybridized carbons (Fsp3) is 0.316. The third-order valence-electron chi connectivity index (χ3n) is 4.51. The zero-order valence-corrected chi connectivity index (χ0v) is 16.6. The van der Waals surface area contributed by atoms with Crippen LogP contribution in [0.4, 0.5) is 5.69 Å². The molecule has 3 rings (SSSR count). The maximum Gasteiger partial charge on any atom is 0.257 e. The second kappa shape index (κ2) is 8.39. The van der Waals surface area contributed by atoms with E-state index in [1.807, 2.05) is 24.3 Å². The number of sulfonamides is 1. The number of amides is 1. The Labute approximate surface area is 164 Å². The van der Waals surface area contributed by atoms with E-state index < -0.39 is 10.0 Å². The Kier molecular flexibility index (Phi) is 6.16. The molecule has 0 atom stereocenters. The van der Waals surface area contributed by atoms with Gasteiger partial charge in [0.25, 0.3) is 5.91 Å². The third-order valence-corrected chi connectivity index (χ3v) is 6.14. The lowest BCUT2D eigenvalue weighted by Gasteiger charge is -2.33. The molecule has 1 aliphatic rings. The molecule has 1 N–H and O–H groups in total. The molecule has 1 amide bonds. The standard InChI is InChI=1S/C19H22ClN3O3S/c1-27(25,26)23-11-9-22(10-12-23)14-15-5-4-6-16(13-15)21-19(24)17-7-2-3-8-18(17)20/h2-8,13H,9-12,14H2,1H3,(H,21,24). The van der Waals surface area contributed by atoms with Gasteiger partial charge in [0.05, 0.1) is 16.8 Å². The van der Waals surface area contributed by atoms with E-state index in [4.69, 9.17) is 11.6 Å². The van der Waals surface area contributed by atoms with Gasteiger partial charge in [-0.1, -0.05) is 35.9 Å². The first-order chi connectivity index (χ1) is 12.8. The predicted molar refractivity (Wildman–Crippen MR) is 108 cm³/mol. The van der Waals surface area contributed by atoms with E-state index in [0.29, 0.717) is 49.0 Å². The van der Waals surface area contributed by atoms with Crippen molar-refractivity contribution in [1.82, 2.24) is 9.21 Å². The van der Waals surface area contributed by atoms with Crippen molar-refractivity contribution < 1.29 is 13.2 Å². The summed E-state index contributed by atoms with van der Waals surface area (Å²) in [5, 5.41) is 3.29. The molecule has 1 fully saturated rings. The lowest BCUT2D eigenvalue weighted by molar-refractivity contribution is 0.102. The number of nitrogens with one attached hydrogen (secondary N) is 1. The highest BCUT2D eigenvalue weighted by molar-refractivity contribution is 7.88. The summed E-state index contributed by atoms with van der Waals surface area (Å²) in [7, 11) is -3.12. The summed E-state index contributed by atoms with van der Waals surface area (Å²) < 4.78 is 24.7. The van der Waals surface area contributed by atoms with Crippen LogP contribution < -0.4 is 5.32 Å². The molecule has 0 spiro atoms. The average Bonchev–Trinajstić information content (AvgIpc) is 2.62. The van der Waals surface area contributed by atoms with Crippen molar-refractivity contribution in [2.24, 2.45) is 0 Å². The van der Waals surface area contributed by atoms with Gasteiger partial charge >= 0.3 is 0 Å². The number of rotatable bonds is 5. The second-order valence-corrected chi connectivity index (χ2v) is 8.96. The molecule has 1 saturated heterocycles. The van der Waals surface area contributed by atoms with Crippen LogP contribution in [0.25, 0.3) is 0 Å². The van der Waals surface area contributed by atoms with Gasteiger partial charge in [0.2, 0.25) is 10.0 Å². The summed E-state index contributed by atoms with van der Waals surface area (Å²) in [6, 6.07) is 14.6. The zero-order chi connectivity index (χ0) is 19.4. The van der Waals surface area contributed by atoms with Crippen LogP contribution in [0.15, 0.2) is 48.5 Å². The number of halogens is 1. The summed E-state index contributed by atoms with van der Waals surface area (Å²) in [5.41, 5.74) is 2.19. The maximum atomic E-state index is 12.4. The predicted octanol–water partition coefficient (Wildman–Crippen LogP) is 2.67. The first kappa shape index (κ1) is 19.8. The van der Waals surface area contributed by atoms with Crippen molar-refractivity contribution in [3.63, 3.8) is 0 Å². The Morgan fingerprint density at radius 1 is 1.07 bits per heavy atom.